The summed E-state index contributed by atoms with van der Waals surface area (Å²) in [6.07, 6.45) is 2.70. The minimum Gasteiger partial charge on any atom is -0.466 e. The third-order valence-corrected chi connectivity index (χ3v) is 1.92. The van der Waals surface area contributed by atoms with Gasteiger partial charge in [0.25, 0.3) is 0 Å². The highest BCUT2D eigenvalue weighted by atomic mass is 16.7. The molecular formula is C13H19NO4. The number of amides is 1. The lowest BCUT2D eigenvalue weighted by Gasteiger charge is -2.20. The van der Waals surface area contributed by atoms with Gasteiger partial charge in [-0.2, -0.15) is 5.48 Å². The molecule has 5 heteroatoms. The molecule has 0 saturated carbocycles. The zero-order chi connectivity index (χ0) is 13.6. The van der Waals surface area contributed by atoms with Gasteiger partial charge in [0, 0.05) is 6.42 Å². The predicted octanol–water partition coefficient (Wildman–Crippen LogP) is 3.35. The number of carbonyl (C=O) groups is 1. The van der Waals surface area contributed by atoms with Gasteiger partial charge in [0.15, 0.2) is 0 Å². The van der Waals surface area contributed by atoms with Crippen LogP contribution in [-0.2, 0) is 9.57 Å². The fourth-order valence-electron chi connectivity index (χ4n) is 1.27. The molecule has 0 aliphatic rings. The van der Waals surface area contributed by atoms with E-state index in [9.17, 15) is 4.79 Å². The van der Waals surface area contributed by atoms with E-state index < -0.39 is 17.8 Å². The molecule has 100 valence electrons. The van der Waals surface area contributed by atoms with Gasteiger partial charge in [0.05, 0.1) is 6.26 Å². The van der Waals surface area contributed by atoms with Crippen LogP contribution in [0.2, 0.25) is 0 Å². The Kier molecular flexibility index (Phi) is 4.97. The van der Waals surface area contributed by atoms with Gasteiger partial charge in [-0.05, 0) is 32.9 Å². The normalized spacial score (nSPS) is 12.8. The van der Waals surface area contributed by atoms with Crippen LogP contribution in [0.3, 0.4) is 0 Å². The Balaban J connectivity index is 2.48. The third kappa shape index (κ3) is 5.05. The van der Waals surface area contributed by atoms with Gasteiger partial charge < -0.3 is 9.15 Å². The van der Waals surface area contributed by atoms with Crippen LogP contribution in [0, 0.1) is 0 Å². The van der Waals surface area contributed by atoms with Gasteiger partial charge in [-0.3, -0.25) is 4.84 Å². The largest absolute Gasteiger partial charge is 0.466 e. The molecule has 0 aliphatic heterocycles. The summed E-state index contributed by atoms with van der Waals surface area (Å²) in [6, 6.07) is 3.52. The van der Waals surface area contributed by atoms with Crippen LogP contribution in [0.25, 0.3) is 0 Å². The summed E-state index contributed by atoms with van der Waals surface area (Å²) in [5.74, 6) is 0.617. The maximum atomic E-state index is 11.4. The Morgan fingerprint density at radius 1 is 1.61 bits per heavy atom. The Hall–Kier alpha value is -1.75. The molecule has 1 aromatic heterocycles. The molecule has 0 spiro atoms. The number of ether oxygens (including phenoxy) is 1. The van der Waals surface area contributed by atoms with E-state index in [2.05, 4.69) is 12.1 Å². The molecule has 18 heavy (non-hydrogen) atoms. The standard InChI is InChI=1S/C13H19NO4/c1-5-7-11(10-8-6-9-16-10)18-14-12(15)17-13(2,3)4/h5-6,8-9,11H,1,7H2,2-4H3,(H,14,15). The van der Waals surface area contributed by atoms with E-state index in [1.807, 2.05) is 0 Å². The molecule has 1 unspecified atom stereocenters. The maximum Gasteiger partial charge on any atom is 0.431 e. The minimum atomic E-state index is -0.636. The molecule has 0 saturated heterocycles. The number of hydroxylamine groups is 1. The maximum absolute atomic E-state index is 11.4. The van der Waals surface area contributed by atoms with Crippen LogP contribution < -0.4 is 5.48 Å². The van der Waals surface area contributed by atoms with E-state index in [4.69, 9.17) is 14.0 Å². The van der Waals surface area contributed by atoms with Crippen LogP contribution in [0.15, 0.2) is 35.5 Å². The van der Waals surface area contributed by atoms with Crippen LogP contribution in [0.4, 0.5) is 4.79 Å². The number of carbonyl (C=O) groups excluding carboxylic acids is 1. The molecular weight excluding hydrogens is 234 g/mol. The summed E-state index contributed by atoms with van der Waals surface area (Å²) in [5.41, 5.74) is 1.68. The van der Waals surface area contributed by atoms with Crippen LogP contribution >= 0.6 is 0 Å². The zero-order valence-corrected chi connectivity index (χ0v) is 10.9. The van der Waals surface area contributed by atoms with Crippen molar-refractivity contribution in [1.29, 1.82) is 0 Å². The summed E-state index contributed by atoms with van der Waals surface area (Å²) in [4.78, 5) is 16.7. The molecule has 1 atom stereocenters. The van der Waals surface area contributed by atoms with Crippen molar-refractivity contribution < 1.29 is 18.8 Å². The van der Waals surface area contributed by atoms with Crippen molar-refractivity contribution in [1.82, 2.24) is 5.48 Å². The highest BCUT2D eigenvalue weighted by molar-refractivity contribution is 5.66. The van der Waals surface area contributed by atoms with Gasteiger partial charge in [0.2, 0.25) is 0 Å². The third-order valence-electron chi connectivity index (χ3n) is 1.92. The van der Waals surface area contributed by atoms with Crippen molar-refractivity contribution >= 4 is 6.09 Å². The van der Waals surface area contributed by atoms with E-state index in [1.165, 1.54) is 0 Å². The highest BCUT2D eigenvalue weighted by Gasteiger charge is 2.19. The summed E-state index contributed by atoms with van der Waals surface area (Å²) in [7, 11) is 0. The quantitative estimate of drug-likeness (QED) is 0.645. The Labute approximate surface area is 107 Å². The molecule has 0 bridgehead atoms. The van der Waals surface area contributed by atoms with Crippen LogP contribution in [-0.4, -0.2) is 11.7 Å². The first-order valence-corrected chi connectivity index (χ1v) is 5.71. The molecule has 0 aromatic carbocycles. The number of hydrogen-bond acceptors (Lipinski definition) is 4. The second-order valence-corrected chi connectivity index (χ2v) is 4.75. The molecule has 5 nitrogen and oxygen atoms in total. The number of nitrogens with one attached hydrogen (secondary N) is 1. The number of furan rings is 1. The highest BCUT2D eigenvalue weighted by Crippen LogP contribution is 2.21. The lowest BCUT2D eigenvalue weighted by molar-refractivity contribution is -0.0491. The fraction of sp³-hybridized carbons (Fsp3) is 0.462. The summed E-state index contributed by atoms with van der Waals surface area (Å²) in [6.45, 7) is 8.97. The van der Waals surface area contributed by atoms with Crippen LogP contribution in [0.1, 0.15) is 39.1 Å². The molecule has 0 fully saturated rings. The van der Waals surface area contributed by atoms with E-state index >= 15 is 0 Å². The van der Waals surface area contributed by atoms with Crippen molar-refractivity contribution in [2.45, 2.75) is 38.9 Å². The van der Waals surface area contributed by atoms with Crippen molar-refractivity contribution in [2.75, 3.05) is 0 Å². The first-order chi connectivity index (χ1) is 8.42. The smallest absolute Gasteiger partial charge is 0.431 e. The Morgan fingerprint density at radius 2 is 2.33 bits per heavy atom. The summed E-state index contributed by atoms with van der Waals surface area (Å²) < 4.78 is 10.3. The van der Waals surface area contributed by atoms with Crippen molar-refractivity contribution in [3.8, 4) is 0 Å². The monoisotopic (exact) mass is 253 g/mol. The SMILES string of the molecule is C=CCC(ONC(=O)OC(C)(C)C)c1ccco1. The van der Waals surface area contributed by atoms with Crippen molar-refractivity contribution in [3.05, 3.63) is 36.8 Å². The summed E-state index contributed by atoms with van der Waals surface area (Å²) in [5, 5.41) is 0. The van der Waals surface area contributed by atoms with E-state index in [1.54, 1.807) is 45.2 Å². The van der Waals surface area contributed by atoms with E-state index in [0.29, 0.717) is 12.2 Å². The number of rotatable bonds is 5. The molecule has 1 heterocycles. The van der Waals surface area contributed by atoms with Crippen LogP contribution in [0.5, 0.6) is 0 Å². The molecule has 1 rings (SSSR count). The molecule has 1 aromatic rings. The first-order valence-electron chi connectivity index (χ1n) is 5.71. The molecule has 1 amide bonds. The minimum absolute atomic E-state index is 0.412. The zero-order valence-electron chi connectivity index (χ0n) is 10.9. The average molecular weight is 253 g/mol. The van der Waals surface area contributed by atoms with Gasteiger partial charge in [0.1, 0.15) is 17.5 Å². The average Bonchev–Trinajstić information content (AvgIpc) is 2.74. The molecule has 0 aliphatic carbocycles. The van der Waals surface area contributed by atoms with Crippen molar-refractivity contribution in [3.63, 3.8) is 0 Å². The lowest BCUT2D eigenvalue weighted by Crippen LogP contribution is -2.33. The van der Waals surface area contributed by atoms with Gasteiger partial charge in [-0.15, -0.1) is 6.58 Å². The predicted molar refractivity (Wildman–Crippen MR) is 66.7 cm³/mol. The van der Waals surface area contributed by atoms with Gasteiger partial charge in [-0.25, -0.2) is 4.79 Å². The molecule has 1 N–H and O–H groups in total. The topological polar surface area (TPSA) is 60.7 Å². The second kappa shape index (κ2) is 6.26. The van der Waals surface area contributed by atoms with Gasteiger partial charge in [-0.1, -0.05) is 6.08 Å². The number of hydrogen-bond donors (Lipinski definition) is 1. The van der Waals surface area contributed by atoms with E-state index in [0.717, 1.165) is 0 Å². The fourth-order valence-corrected chi connectivity index (χ4v) is 1.27. The summed E-state index contributed by atoms with van der Waals surface area (Å²) >= 11 is 0. The first kappa shape index (κ1) is 14.3. The van der Waals surface area contributed by atoms with Gasteiger partial charge >= 0.3 is 6.09 Å². The van der Waals surface area contributed by atoms with E-state index in [-0.39, 0.29) is 0 Å². The Morgan fingerprint density at radius 3 is 2.83 bits per heavy atom. The second-order valence-electron chi connectivity index (χ2n) is 4.75. The Bertz CT molecular complexity index is 378. The lowest BCUT2D eigenvalue weighted by atomic mass is 10.2. The van der Waals surface area contributed by atoms with Crippen molar-refractivity contribution in [2.24, 2.45) is 0 Å². The molecule has 0 radical (unpaired) electrons.